The predicted octanol–water partition coefficient (Wildman–Crippen LogP) is 4.18. The highest BCUT2D eigenvalue weighted by Gasteiger charge is 2.29. The molecule has 3 aromatic rings. The van der Waals surface area contributed by atoms with Gasteiger partial charge in [-0.15, -0.1) is 0 Å². The topological polar surface area (TPSA) is 68.5 Å². The molecule has 0 radical (unpaired) electrons. The van der Waals surface area contributed by atoms with Gasteiger partial charge < -0.3 is 14.2 Å². The van der Waals surface area contributed by atoms with Crippen LogP contribution in [0.5, 0.6) is 5.75 Å². The summed E-state index contributed by atoms with van der Waals surface area (Å²) in [4.78, 5) is 19.0. The lowest BCUT2D eigenvalue weighted by molar-refractivity contribution is -0.132. The quantitative estimate of drug-likeness (QED) is 0.626. The summed E-state index contributed by atoms with van der Waals surface area (Å²) in [6.07, 6.45) is 2.51. The van der Waals surface area contributed by atoms with Gasteiger partial charge in [0.15, 0.2) is 0 Å². The van der Waals surface area contributed by atoms with Crippen molar-refractivity contribution in [2.24, 2.45) is 0 Å². The van der Waals surface area contributed by atoms with Gasteiger partial charge in [-0.05, 0) is 54.8 Å². The second kappa shape index (κ2) is 8.43. The van der Waals surface area contributed by atoms with Crippen molar-refractivity contribution in [1.29, 1.82) is 0 Å². The summed E-state index contributed by atoms with van der Waals surface area (Å²) in [7, 11) is 1.61. The lowest BCUT2D eigenvalue weighted by atomic mass is 10.0. The van der Waals surface area contributed by atoms with Crippen LogP contribution in [0.25, 0.3) is 11.4 Å². The molecule has 4 rings (SSSR count). The molecule has 1 fully saturated rings. The smallest absolute Gasteiger partial charge is 0.227 e. The maximum Gasteiger partial charge on any atom is 0.227 e. The van der Waals surface area contributed by atoms with E-state index in [-0.39, 0.29) is 17.8 Å². The van der Waals surface area contributed by atoms with Gasteiger partial charge in [-0.2, -0.15) is 4.98 Å². The number of carbonyl (C=O) groups is 1. The van der Waals surface area contributed by atoms with Gasteiger partial charge in [0.2, 0.25) is 17.6 Å². The lowest BCUT2D eigenvalue weighted by Crippen LogP contribution is -2.30. The fraction of sp³-hybridized carbons (Fsp3) is 0.318. The van der Waals surface area contributed by atoms with Crippen LogP contribution >= 0.6 is 0 Å². The van der Waals surface area contributed by atoms with Crippen molar-refractivity contribution < 1.29 is 18.4 Å². The molecule has 150 valence electrons. The van der Waals surface area contributed by atoms with Crippen LogP contribution in [0.15, 0.2) is 53.1 Å². The number of amides is 1. The molecular formula is C22H22FN3O3. The van der Waals surface area contributed by atoms with Gasteiger partial charge in [-0.1, -0.05) is 17.3 Å². The Bertz CT molecular complexity index is 970. The van der Waals surface area contributed by atoms with Gasteiger partial charge in [-0.25, -0.2) is 4.39 Å². The van der Waals surface area contributed by atoms with E-state index in [1.54, 1.807) is 19.2 Å². The van der Waals surface area contributed by atoms with Crippen LogP contribution in [0.2, 0.25) is 0 Å². The van der Waals surface area contributed by atoms with Crippen LogP contribution in [0.4, 0.5) is 4.39 Å². The van der Waals surface area contributed by atoms with Crippen LogP contribution in [0.3, 0.4) is 0 Å². The minimum absolute atomic E-state index is 0.000598. The van der Waals surface area contributed by atoms with Crippen molar-refractivity contribution in [1.82, 2.24) is 15.0 Å². The number of methoxy groups -OCH3 is 1. The van der Waals surface area contributed by atoms with E-state index in [1.165, 1.54) is 12.1 Å². The lowest BCUT2D eigenvalue weighted by Gasteiger charge is -2.25. The van der Waals surface area contributed by atoms with E-state index < -0.39 is 0 Å². The maximum absolute atomic E-state index is 13.2. The average Bonchev–Trinajstić information content (AvgIpc) is 3.43. The number of hydrogen-bond acceptors (Lipinski definition) is 5. The number of nitrogens with zero attached hydrogens (tertiary/aromatic N) is 3. The number of likely N-dealkylation sites (tertiary alicyclic amines) is 1. The Morgan fingerprint density at radius 3 is 2.69 bits per heavy atom. The van der Waals surface area contributed by atoms with E-state index in [0.717, 1.165) is 29.7 Å². The van der Waals surface area contributed by atoms with Gasteiger partial charge in [-0.3, -0.25) is 4.79 Å². The molecule has 1 aromatic heterocycles. The highest BCUT2D eigenvalue weighted by molar-refractivity contribution is 5.77. The fourth-order valence-corrected chi connectivity index (χ4v) is 3.67. The molecular weight excluding hydrogens is 373 g/mol. The van der Waals surface area contributed by atoms with E-state index in [1.807, 2.05) is 29.2 Å². The fourth-order valence-electron chi connectivity index (χ4n) is 3.67. The first-order chi connectivity index (χ1) is 14.1. The Hall–Kier alpha value is -3.22. The van der Waals surface area contributed by atoms with Crippen LogP contribution in [-0.2, 0) is 11.2 Å². The normalized spacial score (nSPS) is 16.2. The largest absolute Gasteiger partial charge is 0.497 e. The molecule has 0 aliphatic carbocycles. The summed E-state index contributed by atoms with van der Waals surface area (Å²) in [5.74, 6) is 1.45. The van der Waals surface area contributed by atoms with E-state index in [9.17, 15) is 9.18 Å². The number of benzene rings is 2. The van der Waals surface area contributed by atoms with Crippen molar-refractivity contribution in [3.05, 3.63) is 65.8 Å². The van der Waals surface area contributed by atoms with Gasteiger partial charge in [0, 0.05) is 24.9 Å². The SMILES string of the molecule is COc1ccc(-c2noc(CCC(=O)N3CCCC3c3ccc(F)cc3)n2)cc1. The zero-order valence-corrected chi connectivity index (χ0v) is 16.2. The van der Waals surface area contributed by atoms with Gasteiger partial charge >= 0.3 is 0 Å². The number of aryl methyl sites for hydroxylation is 1. The molecule has 1 amide bonds. The Labute approximate surface area is 168 Å². The molecule has 0 saturated carbocycles. The zero-order chi connectivity index (χ0) is 20.2. The number of rotatable bonds is 6. The van der Waals surface area contributed by atoms with Gasteiger partial charge in [0.25, 0.3) is 0 Å². The molecule has 1 unspecified atom stereocenters. The molecule has 1 aliphatic heterocycles. The molecule has 0 spiro atoms. The first kappa shape index (κ1) is 19.1. The average molecular weight is 395 g/mol. The third-order valence-electron chi connectivity index (χ3n) is 5.20. The van der Waals surface area contributed by atoms with Crippen LogP contribution < -0.4 is 4.74 Å². The van der Waals surface area contributed by atoms with Crippen molar-refractivity contribution in [2.75, 3.05) is 13.7 Å². The zero-order valence-electron chi connectivity index (χ0n) is 16.2. The molecule has 29 heavy (non-hydrogen) atoms. The van der Waals surface area contributed by atoms with Crippen molar-refractivity contribution in [2.45, 2.75) is 31.7 Å². The molecule has 2 heterocycles. The third kappa shape index (κ3) is 4.29. The van der Waals surface area contributed by atoms with Crippen LogP contribution in [-0.4, -0.2) is 34.6 Å². The summed E-state index contributed by atoms with van der Waals surface area (Å²) in [6, 6.07) is 13.8. The number of ether oxygens (including phenoxy) is 1. The second-order valence-electron chi connectivity index (χ2n) is 7.04. The van der Waals surface area contributed by atoms with E-state index in [0.29, 0.717) is 31.1 Å². The van der Waals surface area contributed by atoms with Gasteiger partial charge in [0.1, 0.15) is 11.6 Å². The van der Waals surface area contributed by atoms with Crippen LogP contribution in [0, 0.1) is 5.82 Å². The summed E-state index contributed by atoms with van der Waals surface area (Å²) in [5.41, 5.74) is 1.79. The summed E-state index contributed by atoms with van der Waals surface area (Å²) >= 11 is 0. The molecule has 1 saturated heterocycles. The number of aromatic nitrogens is 2. The Kier molecular flexibility index (Phi) is 5.55. The van der Waals surface area contributed by atoms with Crippen molar-refractivity contribution >= 4 is 5.91 Å². The highest BCUT2D eigenvalue weighted by Crippen LogP contribution is 2.32. The molecule has 1 atom stereocenters. The predicted molar refractivity (Wildman–Crippen MR) is 105 cm³/mol. The molecule has 6 nitrogen and oxygen atoms in total. The number of hydrogen-bond donors (Lipinski definition) is 0. The van der Waals surface area contributed by atoms with Crippen molar-refractivity contribution in [3.63, 3.8) is 0 Å². The van der Waals surface area contributed by atoms with E-state index in [2.05, 4.69) is 10.1 Å². The first-order valence-corrected chi connectivity index (χ1v) is 9.66. The first-order valence-electron chi connectivity index (χ1n) is 9.66. The standard InChI is InChI=1S/C22H22FN3O3/c1-28-18-10-6-16(7-11-18)22-24-20(29-25-22)12-13-21(27)26-14-2-3-19(26)15-4-8-17(23)9-5-15/h4-11,19H,2-3,12-14H2,1H3. The molecule has 1 aliphatic rings. The molecule has 0 bridgehead atoms. The van der Waals surface area contributed by atoms with E-state index in [4.69, 9.17) is 9.26 Å². The summed E-state index contributed by atoms with van der Waals surface area (Å²) in [6.45, 7) is 0.710. The second-order valence-corrected chi connectivity index (χ2v) is 7.04. The van der Waals surface area contributed by atoms with Crippen LogP contribution in [0.1, 0.15) is 36.8 Å². The summed E-state index contributed by atoms with van der Waals surface area (Å²) < 4.78 is 23.6. The number of carbonyl (C=O) groups excluding carboxylic acids is 1. The Morgan fingerprint density at radius 1 is 1.21 bits per heavy atom. The Morgan fingerprint density at radius 2 is 1.97 bits per heavy atom. The maximum atomic E-state index is 13.2. The molecule has 0 N–H and O–H groups in total. The minimum atomic E-state index is -0.270. The summed E-state index contributed by atoms with van der Waals surface area (Å²) in [5, 5.41) is 4.00. The Balaban J connectivity index is 1.38. The third-order valence-corrected chi connectivity index (χ3v) is 5.20. The highest BCUT2D eigenvalue weighted by atomic mass is 19.1. The minimum Gasteiger partial charge on any atom is -0.497 e. The molecule has 2 aromatic carbocycles. The van der Waals surface area contributed by atoms with Gasteiger partial charge in [0.05, 0.1) is 13.2 Å². The van der Waals surface area contributed by atoms with E-state index >= 15 is 0 Å². The number of halogens is 1. The van der Waals surface area contributed by atoms with Crippen molar-refractivity contribution in [3.8, 4) is 17.1 Å². The monoisotopic (exact) mass is 395 g/mol. The molecule has 7 heteroatoms.